The Morgan fingerprint density at radius 2 is 1.80 bits per heavy atom. The number of likely N-dealkylation sites (tertiary alicyclic amines) is 2. The number of piperidine rings is 1. The molecule has 0 unspecified atom stereocenters. The normalized spacial score (nSPS) is 18.9. The molecular formula is C24H32ClN3O2. The number of aryl methyl sites for hydroxylation is 1. The minimum atomic E-state index is 0.239. The summed E-state index contributed by atoms with van der Waals surface area (Å²) in [6.07, 6.45) is 6.32. The summed E-state index contributed by atoms with van der Waals surface area (Å²) >= 11 is 5.97. The third-order valence-corrected chi connectivity index (χ3v) is 6.75. The first-order valence-electron chi connectivity index (χ1n) is 11.3. The fraction of sp³-hybridized carbons (Fsp3) is 0.583. The van der Waals surface area contributed by atoms with Crippen LogP contribution in [0.5, 0.6) is 0 Å². The molecule has 1 aromatic heterocycles. The standard InChI is InChI=1S/C24H32ClN3O2/c1-18-22(26-24(30-18)20-6-8-21(25)9-7-20)17-28-15-10-19(11-16-28)23(29)5-4-14-27-12-2-3-13-27/h6-9,19H,2-5,10-17H2,1H3. The Morgan fingerprint density at radius 1 is 1.10 bits per heavy atom. The number of Topliss-reactive ketones (excluding diaryl/α,β-unsaturated/α-hetero) is 1. The molecule has 1 aromatic carbocycles. The van der Waals surface area contributed by atoms with E-state index in [4.69, 9.17) is 21.0 Å². The van der Waals surface area contributed by atoms with Crippen molar-refractivity contribution >= 4 is 17.4 Å². The summed E-state index contributed by atoms with van der Waals surface area (Å²) in [6.45, 7) is 8.17. The molecule has 4 rings (SSSR count). The molecule has 30 heavy (non-hydrogen) atoms. The highest BCUT2D eigenvalue weighted by Crippen LogP contribution is 2.26. The fourth-order valence-corrected chi connectivity index (χ4v) is 4.73. The van der Waals surface area contributed by atoms with E-state index in [9.17, 15) is 4.79 Å². The molecule has 0 N–H and O–H groups in total. The van der Waals surface area contributed by atoms with Crippen LogP contribution in [0.3, 0.4) is 0 Å². The van der Waals surface area contributed by atoms with E-state index < -0.39 is 0 Å². The van der Waals surface area contributed by atoms with Gasteiger partial charge in [-0.05, 0) is 96.0 Å². The van der Waals surface area contributed by atoms with Crippen LogP contribution in [0.25, 0.3) is 11.5 Å². The maximum absolute atomic E-state index is 12.6. The summed E-state index contributed by atoms with van der Waals surface area (Å²) in [6, 6.07) is 7.56. The van der Waals surface area contributed by atoms with Gasteiger partial charge in [-0.3, -0.25) is 9.69 Å². The minimum absolute atomic E-state index is 0.239. The Kier molecular flexibility index (Phi) is 7.24. The molecule has 2 aliphatic heterocycles. The lowest BCUT2D eigenvalue weighted by Crippen LogP contribution is -2.36. The second-order valence-corrected chi connectivity index (χ2v) is 9.13. The third-order valence-electron chi connectivity index (χ3n) is 6.50. The molecule has 0 radical (unpaired) electrons. The van der Waals surface area contributed by atoms with Crippen LogP contribution >= 0.6 is 11.6 Å². The van der Waals surface area contributed by atoms with Crippen molar-refractivity contribution < 1.29 is 9.21 Å². The van der Waals surface area contributed by atoms with Gasteiger partial charge in [0.05, 0.1) is 5.69 Å². The first-order chi connectivity index (χ1) is 14.6. The van der Waals surface area contributed by atoms with Crippen LogP contribution in [0.15, 0.2) is 28.7 Å². The number of rotatable bonds is 8. The maximum Gasteiger partial charge on any atom is 0.226 e. The van der Waals surface area contributed by atoms with Gasteiger partial charge in [-0.1, -0.05) is 11.6 Å². The van der Waals surface area contributed by atoms with E-state index in [-0.39, 0.29) is 5.92 Å². The van der Waals surface area contributed by atoms with Crippen LogP contribution in [0, 0.1) is 12.8 Å². The van der Waals surface area contributed by atoms with Crippen molar-refractivity contribution in [1.82, 2.24) is 14.8 Å². The van der Waals surface area contributed by atoms with E-state index in [0.717, 1.165) is 68.9 Å². The molecule has 2 aliphatic rings. The smallest absolute Gasteiger partial charge is 0.226 e. The van der Waals surface area contributed by atoms with Gasteiger partial charge in [-0.25, -0.2) is 4.98 Å². The fourth-order valence-electron chi connectivity index (χ4n) is 4.60. The zero-order valence-electron chi connectivity index (χ0n) is 17.9. The van der Waals surface area contributed by atoms with Crippen LogP contribution < -0.4 is 0 Å². The van der Waals surface area contributed by atoms with E-state index in [2.05, 4.69) is 9.80 Å². The van der Waals surface area contributed by atoms with Gasteiger partial charge in [-0.15, -0.1) is 0 Å². The van der Waals surface area contributed by atoms with Gasteiger partial charge in [0, 0.05) is 29.5 Å². The summed E-state index contributed by atoms with van der Waals surface area (Å²) in [7, 11) is 0. The molecule has 0 aliphatic carbocycles. The number of benzene rings is 1. The van der Waals surface area contributed by atoms with Gasteiger partial charge >= 0.3 is 0 Å². The van der Waals surface area contributed by atoms with Gasteiger partial charge in [0.2, 0.25) is 5.89 Å². The summed E-state index contributed by atoms with van der Waals surface area (Å²) in [5, 5.41) is 0.704. The Balaban J connectivity index is 1.23. The van der Waals surface area contributed by atoms with Crippen molar-refractivity contribution in [3.8, 4) is 11.5 Å². The second-order valence-electron chi connectivity index (χ2n) is 8.70. The summed E-state index contributed by atoms with van der Waals surface area (Å²) in [5.74, 6) is 2.21. The van der Waals surface area contributed by atoms with E-state index in [1.54, 1.807) is 0 Å². The van der Waals surface area contributed by atoms with E-state index in [1.807, 2.05) is 31.2 Å². The van der Waals surface area contributed by atoms with E-state index in [1.165, 1.54) is 25.9 Å². The predicted octanol–water partition coefficient (Wildman–Crippen LogP) is 4.96. The SMILES string of the molecule is Cc1oc(-c2ccc(Cl)cc2)nc1CN1CCC(C(=O)CCCN2CCCC2)CC1. The van der Waals surface area contributed by atoms with Gasteiger partial charge in [0.15, 0.2) is 0 Å². The molecule has 2 fully saturated rings. The highest BCUT2D eigenvalue weighted by molar-refractivity contribution is 6.30. The van der Waals surface area contributed by atoms with E-state index >= 15 is 0 Å². The number of nitrogens with zero attached hydrogens (tertiary/aromatic N) is 3. The van der Waals surface area contributed by atoms with Crippen molar-refractivity contribution in [3.63, 3.8) is 0 Å². The third kappa shape index (κ3) is 5.51. The first-order valence-corrected chi connectivity index (χ1v) is 11.7. The van der Waals surface area contributed by atoms with Crippen molar-refractivity contribution in [3.05, 3.63) is 40.7 Å². The van der Waals surface area contributed by atoms with E-state index in [0.29, 0.717) is 16.7 Å². The number of hydrogen-bond donors (Lipinski definition) is 0. The number of carbonyl (C=O) groups is 1. The summed E-state index contributed by atoms with van der Waals surface area (Å²) < 4.78 is 5.89. The van der Waals surface area contributed by atoms with Gasteiger partial charge in [0.1, 0.15) is 11.5 Å². The van der Waals surface area contributed by atoms with Gasteiger partial charge in [-0.2, -0.15) is 0 Å². The average Bonchev–Trinajstić information content (AvgIpc) is 3.39. The molecule has 0 atom stereocenters. The van der Waals surface area contributed by atoms with Crippen molar-refractivity contribution in [2.45, 2.75) is 52.0 Å². The molecule has 0 amide bonds. The number of hydrogen-bond acceptors (Lipinski definition) is 5. The highest BCUT2D eigenvalue weighted by atomic mass is 35.5. The zero-order valence-corrected chi connectivity index (χ0v) is 18.7. The number of aromatic nitrogens is 1. The Bertz CT molecular complexity index is 835. The maximum atomic E-state index is 12.6. The molecule has 3 heterocycles. The van der Waals surface area contributed by atoms with Gasteiger partial charge < -0.3 is 9.32 Å². The molecule has 2 aromatic rings. The number of ketones is 1. The second kappa shape index (κ2) is 10.1. The van der Waals surface area contributed by atoms with Crippen LogP contribution in [0.4, 0.5) is 0 Å². The number of oxazole rings is 1. The molecule has 0 spiro atoms. The molecule has 0 saturated carbocycles. The molecule has 5 nitrogen and oxygen atoms in total. The van der Waals surface area contributed by atoms with Crippen molar-refractivity contribution in [2.75, 3.05) is 32.7 Å². The number of halogens is 1. The van der Waals surface area contributed by atoms with Crippen LogP contribution in [-0.4, -0.2) is 53.3 Å². The minimum Gasteiger partial charge on any atom is -0.441 e. The number of carbonyl (C=O) groups excluding carboxylic acids is 1. The average molecular weight is 430 g/mol. The predicted molar refractivity (Wildman–Crippen MR) is 120 cm³/mol. The van der Waals surface area contributed by atoms with Crippen molar-refractivity contribution in [1.29, 1.82) is 0 Å². The molecule has 6 heteroatoms. The molecule has 162 valence electrons. The molecule has 2 saturated heterocycles. The molecular weight excluding hydrogens is 398 g/mol. The summed E-state index contributed by atoms with van der Waals surface area (Å²) in [5.41, 5.74) is 1.92. The Morgan fingerprint density at radius 3 is 2.50 bits per heavy atom. The lowest BCUT2D eigenvalue weighted by atomic mass is 9.90. The van der Waals surface area contributed by atoms with Crippen LogP contribution in [0.1, 0.15) is 50.0 Å². The van der Waals surface area contributed by atoms with Crippen LogP contribution in [-0.2, 0) is 11.3 Å². The lowest BCUT2D eigenvalue weighted by molar-refractivity contribution is -0.124. The largest absolute Gasteiger partial charge is 0.441 e. The first kappa shape index (κ1) is 21.5. The zero-order chi connectivity index (χ0) is 20.9. The monoisotopic (exact) mass is 429 g/mol. The molecule has 0 bridgehead atoms. The highest BCUT2D eigenvalue weighted by Gasteiger charge is 2.26. The topological polar surface area (TPSA) is 49.6 Å². The van der Waals surface area contributed by atoms with Crippen LogP contribution in [0.2, 0.25) is 5.02 Å². The lowest BCUT2D eigenvalue weighted by Gasteiger charge is -2.30. The quantitative estimate of drug-likeness (QED) is 0.593. The Labute approximate surface area is 184 Å². The van der Waals surface area contributed by atoms with Gasteiger partial charge in [0.25, 0.3) is 0 Å². The van der Waals surface area contributed by atoms with Crippen molar-refractivity contribution in [2.24, 2.45) is 5.92 Å². The Hall–Kier alpha value is -1.69. The summed E-state index contributed by atoms with van der Waals surface area (Å²) in [4.78, 5) is 22.2.